The highest BCUT2D eigenvalue weighted by atomic mass is 16.1. The van der Waals surface area contributed by atoms with Crippen LogP contribution in [-0.4, -0.2) is 55.0 Å². The molecule has 0 radical (unpaired) electrons. The molecule has 1 saturated heterocycles. The van der Waals surface area contributed by atoms with E-state index < -0.39 is 0 Å². The molecule has 1 aliphatic heterocycles. The molecule has 1 amide bonds. The fourth-order valence-corrected chi connectivity index (χ4v) is 3.13. The first-order chi connectivity index (χ1) is 11.0. The van der Waals surface area contributed by atoms with Crippen LogP contribution in [-0.2, 0) is 4.79 Å². The Labute approximate surface area is 140 Å². The Morgan fingerprint density at radius 2 is 1.83 bits per heavy atom. The third-order valence-electron chi connectivity index (χ3n) is 4.76. The van der Waals surface area contributed by atoms with Crippen molar-refractivity contribution < 1.29 is 4.79 Å². The smallest absolute Gasteiger partial charge is 0.225 e. The van der Waals surface area contributed by atoms with Crippen molar-refractivity contribution in [1.29, 1.82) is 0 Å². The summed E-state index contributed by atoms with van der Waals surface area (Å²) in [5.41, 5.74) is 3.36. The minimum Gasteiger partial charge on any atom is -0.326 e. The zero-order valence-electron chi connectivity index (χ0n) is 15.1. The van der Waals surface area contributed by atoms with Gasteiger partial charge in [0, 0.05) is 44.8 Å². The number of benzene rings is 1. The first-order valence-corrected chi connectivity index (χ1v) is 8.85. The number of aryl methyl sites for hydroxylation is 1. The number of hydrogen-bond acceptors (Lipinski definition) is 3. The molecule has 0 saturated carbocycles. The molecule has 0 aromatic heterocycles. The molecule has 4 heteroatoms. The summed E-state index contributed by atoms with van der Waals surface area (Å²) in [4.78, 5) is 17.2. The van der Waals surface area contributed by atoms with E-state index in [4.69, 9.17) is 0 Å². The first kappa shape index (κ1) is 18.0. The van der Waals surface area contributed by atoms with Gasteiger partial charge in [0.2, 0.25) is 5.91 Å². The largest absolute Gasteiger partial charge is 0.326 e. The van der Waals surface area contributed by atoms with Gasteiger partial charge in [0.25, 0.3) is 0 Å². The molecule has 1 aromatic rings. The Kier molecular flexibility index (Phi) is 6.60. The number of nitrogens with one attached hydrogen (secondary N) is 1. The molecule has 1 aliphatic rings. The molecule has 2 rings (SSSR count). The maximum absolute atomic E-state index is 12.4. The van der Waals surface area contributed by atoms with Crippen molar-refractivity contribution in [3.05, 3.63) is 29.3 Å². The van der Waals surface area contributed by atoms with Gasteiger partial charge < -0.3 is 15.1 Å². The number of amides is 1. The third kappa shape index (κ3) is 5.05. The zero-order valence-corrected chi connectivity index (χ0v) is 15.1. The third-order valence-corrected chi connectivity index (χ3v) is 4.76. The highest BCUT2D eigenvalue weighted by molar-refractivity contribution is 5.92. The summed E-state index contributed by atoms with van der Waals surface area (Å²) in [6.07, 6.45) is 0.567. The van der Waals surface area contributed by atoms with E-state index in [1.54, 1.807) is 0 Å². The van der Waals surface area contributed by atoms with Crippen LogP contribution in [0.3, 0.4) is 0 Å². The van der Waals surface area contributed by atoms with Gasteiger partial charge in [-0.25, -0.2) is 0 Å². The number of hydrogen-bond donors (Lipinski definition) is 1. The molecule has 0 bridgehead atoms. The van der Waals surface area contributed by atoms with Gasteiger partial charge in [-0.05, 0) is 30.5 Å². The predicted molar refractivity (Wildman–Crippen MR) is 97.1 cm³/mol. The number of anilines is 1. The van der Waals surface area contributed by atoms with E-state index in [9.17, 15) is 4.79 Å². The maximum Gasteiger partial charge on any atom is 0.225 e. The summed E-state index contributed by atoms with van der Waals surface area (Å²) in [5.74, 6) is 0.534. The van der Waals surface area contributed by atoms with Crippen LogP contribution in [0.15, 0.2) is 18.2 Å². The Bertz CT molecular complexity index is 519. The summed E-state index contributed by atoms with van der Waals surface area (Å²) in [6, 6.07) is 6.23. The summed E-state index contributed by atoms with van der Waals surface area (Å²) >= 11 is 0. The lowest BCUT2D eigenvalue weighted by Crippen LogP contribution is -2.46. The quantitative estimate of drug-likeness (QED) is 0.876. The van der Waals surface area contributed by atoms with Crippen molar-refractivity contribution in [1.82, 2.24) is 9.80 Å². The van der Waals surface area contributed by atoms with Crippen molar-refractivity contribution in [2.45, 2.75) is 40.0 Å². The minimum atomic E-state index is 0.124. The van der Waals surface area contributed by atoms with Crippen LogP contribution < -0.4 is 5.32 Å². The second kappa shape index (κ2) is 8.46. The Hall–Kier alpha value is -1.39. The van der Waals surface area contributed by atoms with Crippen molar-refractivity contribution in [2.24, 2.45) is 0 Å². The van der Waals surface area contributed by atoms with Crippen LogP contribution in [0.4, 0.5) is 5.69 Å². The molecule has 1 N–H and O–H groups in total. The van der Waals surface area contributed by atoms with Gasteiger partial charge in [-0.3, -0.25) is 4.79 Å². The Morgan fingerprint density at radius 1 is 1.17 bits per heavy atom. The van der Waals surface area contributed by atoms with Crippen molar-refractivity contribution in [2.75, 3.05) is 44.6 Å². The molecule has 0 unspecified atom stereocenters. The first-order valence-electron chi connectivity index (χ1n) is 8.85. The lowest BCUT2D eigenvalue weighted by Gasteiger charge is -2.33. The number of likely N-dealkylation sites (N-methyl/N-ethyl adjacent to an activating group) is 1. The number of nitrogens with zero attached hydrogens (tertiary/aromatic N) is 2. The Balaban J connectivity index is 1.86. The SMILES string of the molecule is CCN1CCN(CCC(=O)Nc2c(C)cccc2C(C)C)CC1. The summed E-state index contributed by atoms with van der Waals surface area (Å²) < 4.78 is 0. The van der Waals surface area contributed by atoms with Crippen LogP contribution in [0, 0.1) is 6.92 Å². The highest BCUT2D eigenvalue weighted by Crippen LogP contribution is 2.27. The summed E-state index contributed by atoms with van der Waals surface area (Å²) in [5, 5.41) is 3.14. The molecular weight excluding hydrogens is 286 g/mol. The molecule has 128 valence electrons. The number of carbonyl (C=O) groups excluding carboxylic acids is 1. The second-order valence-electron chi connectivity index (χ2n) is 6.77. The van der Waals surface area contributed by atoms with E-state index in [-0.39, 0.29) is 5.91 Å². The summed E-state index contributed by atoms with van der Waals surface area (Å²) in [6.45, 7) is 15.0. The number of carbonyl (C=O) groups is 1. The lowest BCUT2D eigenvalue weighted by atomic mass is 9.98. The van der Waals surface area contributed by atoms with E-state index >= 15 is 0 Å². The average molecular weight is 317 g/mol. The van der Waals surface area contributed by atoms with Gasteiger partial charge in [-0.15, -0.1) is 0 Å². The monoisotopic (exact) mass is 317 g/mol. The van der Waals surface area contributed by atoms with Gasteiger partial charge in [0.05, 0.1) is 0 Å². The van der Waals surface area contributed by atoms with E-state index in [0.717, 1.165) is 50.5 Å². The standard InChI is InChI=1S/C19H31N3O/c1-5-21-11-13-22(14-12-21)10-9-18(23)20-19-16(4)7-6-8-17(19)15(2)3/h6-8,15H,5,9-14H2,1-4H3,(H,20,23). The number of para-hydroxylation sites is 1. The fraction of sp³-hybridized carbons (Fsp3) is 0.632. The van der Waals surface area contributed by atoms with E-state index in [2.05, 4.69) is 61.0 Å². The maximum atomic E-state index is 12.4. The van der Waals surface area contributed by atoms with Gasteiger partial charge >= 0.3 is 0 Å². The minimum absolute atomic E-state index is 0.124. The van der Waals surface area contributed by atoms with Gasteiger partial charge in [-0.2, -0.15) is 0 Å². The second-order valence-corrected chi connectivity index (χ2v) is 6.77. The van der Waals surface area contributed by atoms with Crippen LogP contribution in [0.5, 0.6) is 0 Å². The highest BCUT2D eigenvalue weighted by Gasteiger charge is 2.17. The fourth-order valence-electron chi connectivity index (χ4n) is 3.13. The van der Waals surface area contributed by atoms with Crippen LogP contribution in [0.1, 0.15) is 44.2 Å². The van der Waals surface area contributed by atoms with Crippen molar-refractivity contribution in [3.8, 4) is 0 Å². The molecule has 0 spiro atoms. The predicted octanol–water partition coefficient (Wildman–Crippen LogP) is 3.08. The van der Waals surface area contributed by atoms with Crippen molar-refractivity contribution in [3.63, 3.8) is 0 Å². The van der Waals surface area contributed by atoms with Gasteiger partial charge in [0.1, 0.15) is 0 Å². The van der Waals surface area contributed by atoms with E-state index in [1.165, 1.54) is 5.56 Å². The molecule has 0 atom stereocenters. The normalized spacial score (nSPS) is 16.7. The van der Waals surface area contributed by atoms with E-state index in [1.807, 2.05) is 0 Å². The van der Waals surface area contributed by atoms with E-state index in [0.29, 0.717) is 12.3 Å². The molecule has 0 aliphatic carbocycles. The molecule has 4 nitrogen and oxygen atoms in total. The van der Waals surface area contributed by atoms with Crippen molar-refractivity contribution >= 4 is 11.6 Å². The molecule has 23 heavy (non-hydrogen) atoms. The number of piperazine rings is 1. The van der Waals surface area contributed by atoms with Gasteiger partial charge in [-0.1, -0.05) is 39.0 Å². The Morgan fingerprint density at radius 3 is 2.43 bits per heavy atom. The molecule has 1 heterocycles. The van der Waals surface area contributed by atoms with Crippen LogP contribution in [0.25, 0.3) is 0 Å². The zero-order chi connectivity index (χ0) is 16.8. The molecule has 1 fully saturated rings. The summed E-state index contributed by atoms with van der Waals surface area (Å²) in [7, 11) is 0. The topological polar surface area (TPSA) is 35.6 Å². The molecular formula is C19H31N3O. The van der Waals surface area contributed by atoms with Gasteiger partial charge in [0.15, 0.2) is 0 Å². The van der Waals surface area contributed by atoms with Crippen LogP contribution >= 0.6 is 0 Å². The lowest BCUT2D eigenvalue weighted by molar-refractivity contribution is -0.116. The average Bonchev–Trinajstić information content (AvgIpc) is 2.55. The molecule has 1 aromatic carbocycles. The van der Waals surface area contributed by atoms with Crippen LogP contribution in [0.2, 0.25) is 0 Å². The number of rotatable bonds is 6.